The summed E-state index contributed by atoms with van der Waals surface area (Å²) in [5.41, 5.74) is 0. The summed E-state index contributed by atoms with van der Waals surface area (Å²) in [5, 5.41) is 0. The summed E-state index contributed by atoms with van der Waals surface area (Å²) in [6.07, 6.45) is 23.7. The number of carbonyl (C=O) groups is 1. The molecule has 2 nitrogen and oxygen atoms in total. The van der Waals surface area contributed by atoms with Crippen LogP contribution in [0.15, 0.2) is 12.2 Å². The van der Waals surface area contributed by atoms with Crippen molar-refractivity contribution in [1.29, 1.82) is 0 Å². The molecule has 0 radical (unpaired) electrons. The van der Waals surface area contributed by atoms with Crippen molar-refractivity contribution in [2.45, 2.75) is 117 Å². The number of nitrogens with zero attached hydrogens (tertiary/aromatic N) is 1. The van der Waals surface area contributed by atoms with Gasteiger partial charge in [-0.05, 0) is 32.1 Å². The van der Waals surface area contributed by atoms with Gasteiger partial charge in [-0.25, -0.2) is 4.79 Å². The first-order valence-corrected chi connectivity index (χ1v) is 11.4. The maximum Gasteiger partial charge on any atom is 0.313 e. The topological polar surface area (TPSA) is 17.1 Å². The number of allylic oxidation sites excluding steroid dienone is 2. The normalized spacial score (nSPS) is 11.5. The van der Waals surface area contributed by atoms with Gasteiger partial charge in [0.05, 0.1) is 27.6 Å². The molecule has 0 heterocycles. The lowest BCUT2D eigenvalue weighted by atomic mass is 10.1. The molecule has 0 bridgehead atoms. The van der Waals surface area contributed by atoms with Gasteiger partial charge in [0.2, 0.25) is 0 Å². The van der Waals surface area contributed by atoms with Gasteiger partial charge < -0.3 is 0 Å². The Hall–Kier alpha value is -0.630. The van der Waals surface area contributed by atoms with Crippen molar-refractivity contribution in [2.24, 2.45) is 0 Å². The average molecular weight is 369 g/mol. The predicted octanol–water partition coefficient (Wildman–Crippen LogP) is 7.67. The molecule has 0 N–H and O–H groups in total. The summed E-state index contributed by atoms with van der Waals surface area (Å²) < 4.78 is 0.462. The third-order valence-electron chi connectivity index (χ3n) is 4.40. The van der Waals surface area contributed by atoms with Crippen LogP contribution < -0.4 is 0 Å². The number of amides is 1. The summed E-state index contributed by atoms with van der Waals surface area (Å²) in [6, 6.07) is 0. The fourth-order valence-electron chi connectivity index (χ4n) is 2.68. The minimum absolute atomic E-state index is 0.350. The molecule has 156 valence electrons. The fraction of sp³-hybridized carbons (Fsp3) is 0.875. The van der Waals surface area contributed by atoms with Crippen molar-refractivity contribution in [3.05, 3.63) is 12.2 Å². The average Bonchev–Trinajstić information content (AvgIpc) is 2.58. The molecular weight excluding hydrogens is 318 g/mol. The minimum Gasteiger partial charge on any atom is -0.268 e. The molecule has 2 heteroatoms. The van der Waals surface area contributed by atoms with Gasteiger partial charge in [-0.15, -0.1) is 0 Å². The van der Waals surface area contributed by atoms with Gasteiger partial charge in [0.15, 0.2) is 0 Å². The summed E-state index contributed by atoms with van der Waals surface area (Å²) in [5.74, 6) is 0.350. The second-order valence-electron chi connectivity index (χ2n) is 8.45. The lowest BCUT2D eigenvalue weighted by Crippen LogP contribution is -2.40. The smallest absolute Gasteiger partial charge is 0.268 e. The van der Waals surface area contributed by atoms with Crippen LogP contribution >= 0.6 is 0 Å². The van der Waals surface area contributed by atoms with Gasteiger partial charge >= 0.3 is 5.91 Å². The highest BCUT2D eigenvalue weighted by atomic mass is 16.2. The zero-order valence-electron chi connectivity index (χ0n) is 19.1. The van der Waals surface area contributed by atoms with Gasteiger partial charge in [-0.2, -0.15) is 0 Å². The molecule has 0 unspecified atom stereocenters. The molecule has 1 amide bonds. The summed E-state index contributed by atoms with van der Waals surface area (Å²) >= 11 is 0. The zero-order valence-corrected chi connectivity index (χ0v) is 19.1. The van der Waals surface area contributed by atoms with Gasteiger partial charge in [0, 0.05) is 0 Å². The highest BCUT2D eigenvalue weighted by Gasteiger charge is 2.18. The summed E-state index contributed by atoms with van der Waals surface area (Å²) in [6.45, 7) is 6.52. The molecule has 0 aliphatic rings. The van der Waals surface area contributed by atoms with Crippen LogP contribution in [0.4, 0.5) is 0 Å². The van der Waals surface area contributed by atoms with Gasteiger partial charge in [-0.3, -0.25) is 4.48 Å². The van der Waals surface area contributed by atoms with Gasteiger partial charge in [0.25, 0.3) is 0 Å². The van der Waals surface area contributed by atoms with Crippen LogP contribution in [0.25, 0.3) is 0 Å². The second kappa shape index (κ2) is 20.7. The molecule has 0 rings (SSSR count). The quantitative estimate of drug-likeness (QED) is 0.165. The van der Waals surface area contributed by atoms with Crippen LogP contribution in [-0.2, 0) is 4.79 Å². The molecule has 0 aromatic carbocycles. The van der Waals surface area contributed by atoms with E-state index in [0.29, 0.717) is 10.4 Å². The number of carbonyl (C=O) groups excluding carboxylic acids is 1. The third-order valence-corrected chi connectivity index (χ3v) is 4.40. The lowest BCUT2D eigenvalue weighted by molar-refractivity contribution is -0.792. The molecule has 0 saturated heterocycles. The number of quaternary nitrogens is 1. The molecule has 26 heavy (non-hydrogen) atoms. The van der Waals surface area contributed by atoms with Crippen molar-refractivity contribution < 1.29 is 9.28 Å². The molecule has 0 spiro atoms. The number of hydrogen-bond donors (Lipinski definition) is 0. The van der Waals surface area contributed by atoms with E-state index >= 15 is 0 Å². The molecule has 0 aliphatic carbocycles. The Kier molecular flexibility index (Phi) is 21.9. The van der Waals surface area contributed by atoms with Crippen molar-refractivity contribution >= 4 is 5.91 Å². The summed E-state index contributed by atoms with van der Waals surface area (Å²) in [4.78, 5) is 11.8. The molecule has 0 aromatic rings. The third kappa shape index (κ3) is 23.4. The van der Waals surface area contributed by atoms with E-state index in [1.807, 2.05) is 21.1 Å². The minimum atomic E-state index is 0.350. The first-order valence-electron chi connectivity index (χ1n) is 11.4. The summed E-state index contributed by atoms with van der Waals surface area (Å²) in [7, 11) is 5.87. The maximum absolute atomic E-state index is 11.8. The van der Waals surface area contributed by atoms with Crippen LogP contribution in [0, 0.1) is 0 Å². The SMILES string of the molecule is CCC.CCCCCCCC/C=C\CCCCCCCC(=O)[N+](C)(C)C. The first-order chi connectivity index (χ1) is 12.4. The lowest BCUT2D eigenvalue weighted by Gasteiger charge is -2.20. The second-order valence-corrected chi connectivity index (χ2v) is 8.45. The van der Waals surface area contributed by atoms with E-state index in [4.69, 9.17) is 0 Å². The Morgan fingerprint density at radius 1 is 0.654 bits per heavy atom. The van der Waals surface area contributed by atoms with Crippen molar-refractivity contribution in [3.8, 4) is 0 Å². The standard InChI is InChI=1S/C21H42NO.C3H8/c1-5-6-7-8-9-10-11-12-13-14-15-16-17-18-19-20-21(23)22(2,3)4;1-3-2/h12-13H,5-11,14-20H2,1-4H3;3H2,1-2H3/q+1;/b13-12-;. The van der Waals surface area contributed by atoms with E-state index in [1.54, 1.807) is 0 Å². The van der Waals surface area contributed by atoms with Crippen molar-refractivity contribution in [3.63, 3.8) is 0 Å². The Morgan fingerprint density at radius 3 is 1.46 bits per heavy atom. The van der Waals surface area contributed by atoms with Crippen molar-refractivity contribution in [1.82, 2.24) is 0 Å². The van der Waals surface area contributed by atoms with E-state index in [-0.39, 0.29) is 0 Å². The fourth-order valence-corrected chi connectivity index (χ4v) is 2.68. The van der Waals surface area contributed by atoms with Gasteiger partial charge in [0.1, 0.15) is 0 Å². The molecular formula is C24H50NO+. The Balaban J connectivity index is 0. The monoisotopic (exact) mass is 368 g/mol. The molecule has 0 saturated carbocycles. The van der Waals surface area contributed by atoms with E-state index in [9.17, 15) is 4.79 Å². The van der Waals surface area contributed by atoms with Gasteiger partial charge in [-0.1, -0.05) is 90.7 Å². The van der Waals surface area contributed by atoms with Crippen LogP contribution in [-0.4, -0.2) is 31.5 Å². The number of rotatable bonds is 15. The predicted molar refractivity (Wildman–Crippen MR) is 118 cm³/mol. The number of hydrogen-bond acceptors (Lipinski definition) is 1. The zero-order chi connectivity index (χ0) is 20.1. The molecule has 0 aliphatic heterocycles. The maximum atomic E-state index is 11.8. The Bertz CT molecular complexity index is 315. The first kappa shape index (κ1) is 27.6. The molecule has 0 fully saturated rings. The van der Waals surface area contributed by atoms with Crippen LogP contribution in [0.2, 0.25) is 0 Å². The van der Waals surface area contributed by atoms with Crippen LogP contribution in [0.5, 0.6) is 0 Å². The van der Waals surface area contributed by atoms with E-state index in [1.165, 1.54) is 83.5 Å². The van der Waals surface area contributed by atoms with Crippen molar-refractivity contribution in [2.75, 3.05) is 21.1 Å². The largest absolute Gasteiger partial charge is 0.313 e. The van der Waals surface area contributed by atoms with E-state index < -0.39 is 0 Å². The molecule has 0 aromatic heterocycles. The van der Waals surface area contributed by atoms with E-state index in [0.717, 1.165) is 12.8 Å². The van der Waals surface area contributed by atoms with Crippen LogP contribution in [0.3, 0.4) is 0 Å². The molecule has 0 atom stereocenters. The highest BCUT2D eigenvalue weighted by Crippen LogP contribution is 2.11. The highest BCUT2D eigenvalue weighted by molar-refractivity contribution is 5.68. The number of unbranched alkanes of at least 4 members (excludes halogenated alkanes) is 11. The Morgan fingerprint density at radius 2 is 1.04 bits per heavy atom. The Labute approximate surface area is 166 Å². The van der Waals surface area contributed by atoms with E-state index in [2.05, 4.69) is 32.9 Å². The van der Waals surface area contributed by atoms with Crippen LogP contribution in [0.1, 0.15) is 117 Å².